The second-order valence-electron chi connectivity index (χ2n) is 8.51. The Labute approximate surface area is 191 Å². The number of amides is 4. The molecule has 1 aromatic carbocycles. The highest BCUT2D eigenvalue weighted by molar-refractivity contribution is 6.21. The van der Waals surface area contributed by atoms with Crippen molar-refractivity contribution in [2.45, 2.75) is 18.8 Å². The van der Waals surface area contributed by atoms with Crippen LogP contribution in [-0.2, 0) is 9.59 Å². The van der Waals surface area contributed by atoms with Crippen molar-refractivity contribution in [3.63, 3.8) is 0 Å². The van der Waals surface area contributed by atoms with E-state index >= 15 is 0 Å². The quantitative estimate of drug-likeness (QED) is 0.686. The number of anilines is 2. The number of hydrogen-bond donors (Lipinski definition) is 1. The lowest BCUT2D eigenvalue weighted by Gasteiger charge is -2.38. The first-order chi connectivity index (χ1) is 16.0. The van der Waals surface area contributed by atoms with E-state index < -0.39 is 17.9 Å². The van der Waals surface area contributed by atoms with Gasteiger partial charge in [-0.2, -0.15) is 5.10 Å². The molecule has 1 aromatic heterocycles. The lowest BCUT2D eigenvalue weighted by Crippen LogP contribution is -2.61. The van der Waals surface area contributed by atoms with Crippen LogP contribution in [0, 0.1) is 5.92 Å². The maximum absolute atomic E-state index is 13.2. The van der Waals surface area contributed by atoms with Gasteiger partial charge >= 0.3 is 6.03 Å². The number of aromatic nitrogens is 2. The zero-order valence-electron chi connectivity index (χ0n) is 18.4. The van der Waals surface area contributed by atoms with Crippen LogP contribution in [0.15, 0.2) is 36.4 Å². The molecule has 1 aliphatic carbocycles. The molecule has 5 rings (SSSR count). The van der Waals surface area contributed by atoms with Crippen LogP contribution in [0.25, 0.3) is 0 Å². The molecule has 1 saturated carbocycles. The van der Waals surface area contributed by atoms with Gasteiger partial charge in [0, 0.05) is 38.6 Å². The first-order valence-electron chi connectivity index (χ1n) is 11.2. The highest BCUT2D eigenvalue weighted by Gasteiger charge is 2.41. The summed E-state index contributed by atoms with van der Waals surface area (Å²) in [5.41, 5.74) is 1.45. The third-order valence-electron chi connectivity index (χ3n) is 6.39. The number of ether oxygens (including phenoxy) is 1. The van der Waals surface area contributed by atoms with Crippen molar-refractivity contribution in [3.05, 3.63) is 42.1 Å². The molecule has 2 aliphatic heterocycles. The highest BCUT2D eigenvalue weighted by atomic mass is 16.5. The summed E-state index contributed by atoms with van der Waals surface area (Å²) in [4.78, 5) is 43.5. The van der Waals surface area contributed by atoms with E-state index in [4.69, 9.17) is 4.74 Å². The van der Waals surface area contributed by atoms with Crippen molar-refractivity contribution < 1.29 is 19.1 Å². The number of rotatable bonds is 5. The lowest BCUT2D eigenvalue weighted by atomic mass is 10.0. The van der Waals surface area contributed by atoms with E-state index in [0.717, 1.165) is 16.4 Å². The molecule has 2 saturated heterocycles. The number of urea groups is 1. The van der Waals surface area contributed by atoms with Crippen molar-refractivity contribution in [2.75, 3.05) is 49.6 Å². The molecule has 0 bridgehead atoms. The van der Waals surface area contributed by atoms with Crippen LogP contribution in [-0.4, -0.2) is 72.8 Å². The van der Waals surface area contributed by atoms with Crippen LogP contribution in [0.5, 0.6) is 5.75 Å². The molecule has 3 fully saturated rings. The summed E-state index contributed by atoms with van der Waals surface area (Å²) in [6.07, 6.45) is 2.37. The Balaban J connectivity index is 1.22. The predicted octanol–water partition coefficient (Wildman–Crippen LogP) is 1.38. The molecule has 10 nitrogen and oxygen atoms in total. The van der Waals surface area contributed by atoms with Gasteiger partial charge in [-0.15, -0.1) is 5.10 Å². The van der Waals surface area contributed by atoms with Crippen molar-refractivity contribution in [3.8, 4) is 5.75 Å². The Morgan fingerprint density at radius 2 is 1.73 bits per heavy atom. The van der Waals surface area contributed by atoms with E-state index in [2.05, 4.69) is 20.4 Å². The molecule has 0 radical (unpaired) electrons. The Morgan fingerprint density at radius 1 is 1.00 bits per heavy atom. The van der Waals surface area contributed by atoms with E-state index in [1.165, 1.54) is 20.0 Å². The van der Waals surface area contributed by atoms with Crippen LogP contribution in [0.2, 0.25) is 0 Å². The van der Waals surface area contributed by atoms with Crippen molar-refractivity contribution in [2.24, 2.45) is 5.92 Å². The van der Waals surface area contributed by atoms with Gasteiger partial charge in [0.05, 0.1) is 18.5 Å². The van der Waals surface area contributed by atoms with E-state index in [0.29, 0.717) is 43.5 Å². The van der Waals surface area contributed by atoms with E-state index in [9.17, 15) is 14.4 Å². The average molecular weight is 450 g/mol. The summed E-state index contributed by atoms with van der Waals surface area (Å²) < 4.78 is 5.13. The van der Waals surface area contributed by atoms with Crippen molar-refractivity contribution in [1.82, 2.24) is 20.4 Å². The fraction of sp³-hybridized carbons (Fsp3) is 0.435. The molecule has 0 spiro atoms. The number of nitrogens with zero attached hydrogens (tertiary/aromatic N) is 5. The first-order valence-corrected chi connectivity index (χ1v) is 11.2. The largest absolute Gasteiger partial charge is 0.497 e. The number of carbonyl (C=O) groups excluding carboxylic acids is 3. The number of benzene rings is 1. The summed E-state index contributed by atoms with van der Waals surface area (Å²) in [6, 6.07) is 10.1. The van der Waals surface area contributed by atoms with Crippen LogP contribution in [0.1, 0.15) is 24.5 Å². The Kier molecular flexibility index (Phi) is 5.57. The second-order valence-corrected chi connectivity index (χ2v) is 8.51. The second kappa shape index (κ2) is 8.68. The minimum atomic E-state index is -0.950. The zero-order valence-corrected chi connectivity index (χ0v) is 18.4. The number of imide groups is 1. The summed E-state index contributed by atoms with van der Waals surface area (Å²) in [5, 5.41) is 11.4. The molecular weight excluding hydrogens is 424 g/mol. The van der Waals surface area contributed by atoms with Crippen LogP contribution >= 0.6 is 0 Å². The fourth-order valence-corrected chi connectivity index (χ4v) is 4.26. The monoisotopic (exact) mass is 450 g/mol. The molecular formula is C23H26N6O4. The van der Waals surface area contributed by atoms with Gasteiger partial charge in [-0.3, -0.25) is 9.59 Å². The van der Waals surface area contributed by atoms with Crippen molar-refractivity contribution in [1.29, 1.82) is 0 Å². The van der Waals surface area contributed by atoms with Gasteiger partial charge in [-0.1, -0.05) is 0 Å². The van der Waals surface area contributed by atoms with E-state index in [1.54, 1.807) is 29.2 Å². The Hall–Kier alpha value is -3.69. The number of methoxy groups -OCH3 is 1. The van der Waals surface area contributed by atoms with Crippen LogP contribution in [0.4, 0.5) is 16.3 Å². The lowest BCUT2D eigenvalue weighted by molar-refractivity contribution is -0.141. The molecule has 33 heavy (non-hydrogen) atoms. The standard InChI is InChI=1S/C23H26N6O4/c1-33-17-6-4-16(5-7-17)29-22(31)18(14-24-23(29)32)21(30)28-12-10-27(11-13-28)20-9-8-19(25-26-20)15-2-3-15/h4-9,15,18H,2-3,10-14H2,1H3,(H,24,32). The first kappa shape index (κ1) is 21.2. The maximum Gasteiger partial charge on any atom is 0.328 e. The number of nitrogens with one attached hydrogen (secondary N) is 1. The molecule has 172 valence electrons. The van der Waals surface area contributed by atoms with Crippen molar-refractivity contribution >= 4 is 29.4 Å². The Bertz CT molecular complexity index is 1050. The summed E-state index contributed by atoms with van der Waals surface area (Å²) in [5.74, 6) is 0.242. The Morgan fingerprint density at radius 3 is 2.33 bits per heavy atom. The van der Waals surface area contributed by atoms with Gasteiger partial charge in [-0.05, 0) is 49.2 Å². The van der Waals surface area contributed by atoms with Gasteiger partial charge < -0.3 is 19.9 Å². The normalized spacial score (nSPS) is 21.1. The van der Waals surface area contributed by atoms with Crippen LogP contribution < -0.4 is 19.9 Å². The van der Waals surface area contributed by atoms with Gasteiger partial charge in [0.2, 0.25) is 11.8 Å². The molecule has 1 atom stereocenters. The molecule has 1 N–H and O–H groups in total. The molecule has 3 heterocycles. The predicted molar refractivity (Wildman–Crippen MR) is 120 cm³/mol. The smallest absolute Gasteiger partial charge is 0.328 e. The SMILES string of the molecule is COc1ccc(N2C(=O)NCC(C(=O)N3CCN(c4ccc(C5CC5)nn4)CC3)C2=O)cc1. The minimum Gasteiger partial charge on any atom is -0.497 e. The third-order valence-corrected chi connectivity index (χ3v) is 6.39. The molecule has 4 amide bonds. The van der Waals surface area contributed by atoms with Gasteiger partial charge in [-0.25, -0.2) is 9.69 Å². The average Bonchev–Trinajstić information content (AvgIpc) is 3.70. The number of hydrogen-bond acceptors (Lipinski definition) is 7. The summed E-state index contributed by atoms with van der Waals surface area (Å²) in [7, 11) is 1.54. The molecule has 10 heteroatoms. The summed E-state index contributed by atoms with van der Waals surface area (Å²) in [6.45, 7) is 2.17. The molecule has 2 aromatic rings. The number of piperazine rings is 1. The van der Waals surface area contributed by atoms with E-state index in [1.807, 2.05) is 12.1 Å². The fourth-order valence-electron chi connectivity index (χ4n) is 4.26. The van der Waals surface area contributed by atoms with Gasteiger partial charge in [0.15, 0.2) is 5.82 Å². The third kappa shape index (κ3) is 4.20. The molecule has 3 aliphatic rings. The highest BCUT2D eigenvalue weighted by Crippen LogP contribution is 2.38. The zero-order chi connectivity index (χ0) is 22.9. The minimum absolute atomic E-state index is 0.00251. The van der Waals surface area contributed by atoms with E-state index in [-0.39, 0.29) is 12.5 Å². The topological polar surface area (TPSA) is 108 Å². The molecule has 1 unspecified atom stereocenters. The summed E-state index contributed by atoms with van der Waals surface area (Å²) >= 11 is 0. The van der Waals surface area contributed by atoms with Gasteiger partial charge in [0.1, 0.15) is 11.7 Å². The van der Waals surface area contributed by atoms with Gasteiger partial charge in [0.25, 0.3) is 0 Å². The number of carbonyl (C=O) groups is 3. The maximum atomic E-state index is 13.2. The van der Waals surface area contributed by atoms with Crippen LogP contribution in [0.3, 0.4) is 0 Å².